The number of anilines is 2. The van der Waals surface area contributed by atoms with Gasteiger partial charge in [-0.05, 0) is 42.3 Å². The number of rotatable bonds is 2. The van der Waals surface area contributed by atoms with Gasteiger partial charge in [-0.3, -0.25) is 14.1 Å². The van der Waals surface area contributed by atoms with Crippen molar-refractivity contribution >= 4 is 33.1 Å². The van der Waals surface area contributed by atoms with Gasteiger partial charge in [0, 0.05) is 11.3 Å². The summed E-state index contributed by atoms with van der Waals surface area (Å²) < 4.78 is 32.6. The van der Waals surface area contributed by atoms with Crippen LogP contribution in [0, 0.1) is 6.92 Å². The number of ketones is 2. The van der Waals surface area contributed by atoms with Gasteiger partial charge in [0.1, 0.15) is 22.1 Å². The van der Waals surface area contributed by atoms with Crippen LogP contribution in [0.4, 0.5) is 11.4 Å². The molecule has 164 valence electrons. The SMILES string of the molecule is Cc1cc(-c2cc(O)c3c(c2N)C(=O)c2c(O)c(S(=O)(=O)O)cc(N)c2C3=O)ccc1O. The van der Waals surface area contributed by atoms with E-state index in [2.05, 4.69) is 0 Å². The number of aromatic hydroxyl groups is 3. The molecule has 0 spiro atoms. The first-order valence-electron chi connectivity index (χ1n) is 9.02. The van der Waals surface area contributed by atoms with Crippen LogP contribution in [-0.4, -0.2) is 39.9 Å². The Hall–Kier alpha value is -4.09. The molecule has 0 aromatic heterocycles. The second kappa shape index (κ2) is 6.70. The second-order valence-electron chi connectivity index (χ2n) is 7.30. The third-order valence-corrected chi connectivity index (χ3v) is 6.20. The normalized spacial score (nSPS) is 13.1. The summed E-state index contributed by atoms with van der Waals surface area (Å²) in [6, 6.07) is 6.23. The van der Waals surface area contributed by atoms with E-state index in [4.69, 9.17) is 11.5 Å². The third-order valence-electron chi connectivity index (χ3n) is 5.34. The van der Waals surface area contributed by atoms with Gasteiger partial charge >= 0.3 is 0 Å². The Morgan fingerprint density at radius 3 is 2.03 bits per heavy atom. The van der Waals surface area contributed by atoms with Crippen molar-refractivity contribution in [1.29, 1.82) is 0 Å². The highest BCUT2D eigenvalue weighted by molar-refractivity contribution is 7.86. The molecule has 0 fully saturated rings. The largest absolute Gasteiger partial charge is 0.508 e. The number of hydrogen-bond donors (Lipinski definition) is 6. The quantitative estimate of drug-likeness (QED) is 0.147. The molecular formula is C21H16N2O8S. The van der Waals surface area contributed by atoms with E-state index in [0.29, 0.717) is 17.2 Å². The molecule has 0 saturated heterocycles. The third kappa shape index (κ3) is 2.87. The molecule has 3 aromatic carbocycles. The zero-order valence-corrected chi connectivity index (χ0v) is 17.2. The average molecular weight is 456 g/mol. The van der Waals surface area contributed by atoms with Crippen LogP contribution in [0.1, 0.15) is 37.4 Å². The lowest BCUT2D eigenvalue weighted by atomic mass is 9.79. The second-order valence-corrected chi connectivity index (χ2v) is 8.69. The summed E-state index contributed by atoms with van der Waals surface area (Å²) in [5.74, 6) is -3.76. The fraction of sp³-hybridized carbons (Fsp3) is 0.0476. The summed E-state index contributed by atoms with van der Waals surface area (Å²) >= 11 is 0. The highest BCUT2D eigenvalue weighted by atomic mass is 32.2. The number of phenolic OH excluding ortho intramolecular Hbond substituents is 3. The maximum absolute atomic E-state index is 13.3. The lowest BCUT2D eigenvalue weighted by molar-refractivity contribution is 0.0975. The smallest absolute Gasteiger partial charge is 0.298 e. The van der Waals surface area contributed by atoms with Crippen LogP contribution in [0.3, 0.4) is 0 Å². The Bertz CT molecular complexity index is 1490. The van der Waals surface area contributed by atoms with Crippen molar-refractivity contribution in [3.8, 4) is 28.4 Å². The number of carbonyl (C=O) groups excluding carboxylic acids is 2. The van der Waals surface area contributed by atoms with Crippen LogP contribution in [0.25, 0.3) is 11.1 Å². The number of hydrogen-bond acceptors (Lipinski definition) is 9. The Morgan fingerprint density at radius 1 is 0.812 bits per heavy atom. The molecular weight excluding hydrogens is 440 g/mol. The van der Waals surface area contributed by atoms with E-state index >= 15 is 0 Å². The van der Waals surface area contributed by atoms with Crippen LogP contribution in [0.5, 0.6) is 17.2 Å². The van der Waals surface area contributed by atoms with Crippen molar-refractivity contribution in [2.45, 2.75) is 11.8 Å². The molecule has 1 aliphatic carbocycles. The molecule has 0 radical (unpaired) electrons. The first-order chi connectivity index (χ1) is 14.8. The zero-order chi connectivity index (χ0) is 23.7. The monoisotopic (exact) mass is 456 g/mol. The Kier molecular flexibility index (Phi) is 4.43. The zero-order valence-electron chi connectivity index (χ0n) is 16.4. The number of nitrogens with two attached hydrogens (primary N) is 2. The van der Waals surface area contributed by atoms with Crippen molar-refractivity contribution in [3.63, 3.8) is 0 Å². The molecule has 4 rings (SSSR count). The highest BCUT2D eigenvalue weighted by Gasteiger charge is 2.40. The van der Waals surface area contributed by atoms with Gasteiger partial charge in [-0.15, -0.1) is 0 Å². The van der Waals surface area contributed by atoms with Gasteiger partial charge in [0.15, 0.2) is 0 Å². The first kappa shape index (κ1) is 21.2. The van der Waals surface area contributed by atoms with Crippen molar-refractivity contribution in [2.75, 3.05) is 11.5 Å². The highest BCUT2D eigenvalue weighted by Crippen LogP contribution is 2.46. The molecule has 0 saturated carbocycles. The molecule has 0 aliphatic heterocycles. The van der Waals surface area contributed by atoms with E-state index in [1.165, 1.54) is 18.2 Å². The fourth-order valence-electron chi connectivity index (χ4n) is 3.79. The van der Waals surface area contributed by atoms with E-state index in [9.17, 15) is 37.9 Å². The summed E-state index contributed by atoms with van der Waals surface area (Å²) in [5.41, 5.74) is 10.1. The molecule has 8 N–H and O–H groups in total. The van der Waals surface area contributed by atoms with Gasteiger partial charge in [-0.2, -0.15) is 8.42 Å². The summed E-state index contributed by atoms with van der Waals surface area (Å²) in [4.78, 5) is 25.4. The predicted molar refractivity (Wildman–Crippen MR) is 114 cm³/mol. The summed E-state index contributed by atoms with van der Waals surface area (Å²) in [7, 11) is -4.98. The standard InChI is InChI=1S/C21H16N2O8S/c1-7-4-8(2-3-11(7)24)9-5-12(25)15-16(18(9)23)21(28)17-14(20(15)27)10(22)6-13(19(17)26)32(29,30)31/h2-6,24-26H,22-23H2,1H3,(H,29,30,31). The summed E-state index contributed by atoms with van der Waals surface area (Å²) in [6.45, 7) is 1.62. The Balaban J connectivity index is 2.07. The topological polar surface area (TPSA) is 201 Å². The maximum atomic E-state index is 13.3. The molecule has 3 aromatic rings. The predicted octanol–water partition coefficient (Wildman–Crippen LogP) is 1.97. The molecule has 0 unspecified atom stereocenters. The van der Waals surface area contributed by atoms with Gasteiger partial charge in [-0.1, -0.05) is 6.07 Å². The van der Waals surface area contributed by atoms with E-state index < -0.39 is 66.0 Å². The van der Waals surface area contributed by atoms with Gasteiger partial charge in [0.05, 0.1) is 27.9 Å². The van der Waals surface area contributed by atoms with Gasteiger partial charge in [0.2, 0.25) is 11.6 Å². The van der Waals surface area contributed by atoms with E-state index in [1.807, 2.05) is 0 Å². The number of fused-ring (bicyclic) bond motifs is 2. The molecule has 0 atom stereocenters. The van der Waals surface area contributed by atoms with Crippen LogP contribution in [0.2, 0.25) is 0 Å². The summed E-state index contributed by atoms with van der Waals surface area (Å²) in [5, 5.41) is 30.8. The fourth-order valence-corrected chi connectivity index (χ4v) is 4.41. The molecule has 0 bridgehead atoms. The van der Waals surface area contributed by atoms with Crippen LogP contribution < -0.4 is 11.5 Å². The number of benzene rings is 3. The molecule has 0 amide bonds. The number of phenols is 3. The average Bonchev–Trinajstić information content (AvgIpc) is 2.70. The number of nitrogen functional groups attached to an aromatic ring is 2. The lowest BCUT2D eigenvalue weighted by Gasteiger charge is -2.24. The van der Waals surface area contributed by atoms with Crippen molar-refractivity contribution in [1.82, 2.24) is 0 Å². The van der Waals surface area contributed by atoms with Crippen LogP contribution in [0.15, 0.2) is 35.2 Å². The van der Waals surface area contributed by atoms with Gasteiger partial charge < -0.3 is 26.8 Å². The number of aryl methyl sites for hydroxylation is 1. The van der Waals surface area contributed by atoms with Crippen LogP contribution >= 0.6 is 0 Å². The molecule has 1 aliphatic rings. The van der Waals surface area contributed by atoms with Gasteiger partial charge in [0.25, 0.3) is 10.1 Å². The molecule has 11 heteroatoms. The molecule has 0 heterocycles. The lowest BCUT2D eigenvalue weighted by Crippen LogP contribution is -2.25. The Morgan fingerprint density at radius 2 is 1.44 bits per heavy atom. The number of carbonyl (C=O) groups is 2. The van der Waals surface area contributed by atoms with Crippen molar-refractivity contribution in [3.05, 3.63) is 58.1 Å². The van der Waals surface area contributed by atoms with Crippen molar-refractivity contribution < 1.29 is 37.9 Å². The van der Waals surface area contributed by atoms with Crippen molar-refractivity contribution in [2.24, 2.45) is 0 Å². The van der Waals surface area contributed by atoms with E-state index in [1.54, 1.807) is 13.0 Å². The summed E-state index contributed by atoms with van der Waals surface area (Å²) in [6.07, 6.45) is 0. The molecule has 32 heavy (non-hydrogen) atoms. The van der Waals surface area contributed by atoms with E-state index in [-0.39, 0.29) is 17.0 Å². The van der Waals surface area contributed by atoms with E-state index in [0.717, 1.165) is 0 Å². The van der Waals surface area contributed by atoms with Gasteiger partial charge in [-0.25, -0.2) is 0 Å². The van der Waals surface area contributed by atoms with Crippen LogP contribution in [-0.2, 0) is 10.1 Å². The minimum atomic E-state index is -4.98. The minimum absolute atomic E-state index is 0.00725. The first-order valence-corrected chi connectivity index (χ1v) is 10.5. The maximum Gasteiger partial charge on any atom is 0.298 e. The molecule has 10 nitrogen and oxygen atoms in total. The Labute approximate surface area is 181 Å². The minimum Gasteiger partial charge on any atom is -0.508 e.